The van der Waals surface area contributed by atoms with Gasteiger partial charge in [-0.3, -0.25) is 9.59 Å². The van der Waals surface area contributed by atoms with Gasteiger partial charge in [0, 0.05) is 17.7 Å². The fourth-order valence-corrected chi connectivity index (χ4v) is 4.98. The van der Waals surface area contributed by atoms with Crippen LogP contribution in [-0.2, 0) is 4.79 Å². The average molecular weight is 548 g/mol. The number of benzene rings is 2. The van der Waals surface area contributed by atoms with Gasteiger partial charge in [0.25, 0.3) is 0 Å². The molecule has 0 bridgehead atoms. The first kappa shape index (κ1) is 33.5. The van der Waals surface area contributed by atoms with E-state index in [9.17, 15) is 14.7 Å². The molecule has 2 rings (SSSR count). The number of anilines is 1. The fourth-order valence-electron chi connectivity index (χ4n) is 4.98. The summed E-state index contributed by atoms with van der Waals surface area (Å²) in [6.07, 6.45) is 25.7. The number of allylic oxidation sites excluding steroid dienone is 2. The zero-order chi connectivity index (χ0) is 28.7. The average Bonchev–Trinajstić information content (AvgIpc) is 2.98. The maximum Gasteiger partial charge on any atom is 0.224 e. The van der Waals surface area contributed by atoms with Gasteiger partial charge < -0.3 is 10.4 Å². The topological polar surface area (TPSA) is 66.4 Å². The molecule has 1 atom stereocenters. The number of rotatable bonds is 23. The molecule has 1 unspecified atom stereocenters. The minimum Gasteiger partial charge on any atom is -0.380 e. The number of hydrogen-bond donors (Lipinski definition) is 2. The third-order valence-electron chi connectivity index (χ3n) is 7.46. The summed E-state index contributed by atoms with van der Waals surface area (Å²) in [4.78, 5) is 25.1. The summed E-state index contributed by atoms with van der Waals surface area (Å²) in [6.45, 7) is 2.27. The van der Waals surface area contributed by atoms with E-state index in [4.69, 9.17) is 0 Å². The van der Waals surface area contributed by atoms with Crippen molar-refractivity contribution in [1.29, 1.82) is 0 Å². The second-order valence-electron chi connectivity index (χ2n) is 11.1. The zero-order valence-electron chi connectivity index (χ0n) is 24.9. The Labute approximate surface area is 243 Å². The maximum atomic E-state index is 12.7. The lowest BCUT2D eigenvalue weighted by Crippen LogP contribution is -2.14. The van der Waals surface area contributed by atoms with Crippen molar-refractivity contribution in [3.63, 3.8) is 0 Å². The van der Waals surface area contributed by atoms with Gasteiger partial charge >= 0.3 is 0 Å². The SMILES string of the molecule is CCCCCCCCC=CCCCCCCCCCCCC(=O)Nc1cccc(C(=O)C(O)c2ccccc2)c1. The quantitative estimate of drug-likeness (QED) is 0.0826. The first-order valence-electron chi connectivity index (χ1n) is 15.9. The third kappa shape index (κ3) is 15.2. The smallest absolute Gasteiger partial charge is 0.224 e. The fraction of sp³-hybridized carbons (Fsp3) is 0.556. The summed E-state index contributed by atoms with van der Waals surface area (Å²) in [5.41, 5.74) is 1.53. The van der Waals surface area contributed by atoms with Crippen LogP contribution in [0.15, 0.2) is 66.7 Å². The Morgan fingerprint density at radius 2 is 1.25 bits per heavy atom. The Balaban J connectivity index is 1.45. The van der Waals surface area contributed by atoms with E-state index in [1.807, 2.05) is 6.07 Å². The molecule has 0 saturated carbocycles. The summed E-state index contributed by atoms with van der Waals surface area (Å²) in [7, 11) is 0. The number of carbonyl (C=O) groups is 2. The number of hydrogen-bond acceptors (Lipinski definition) is 3. The standard InChI is InChI=1S/C36H53NO3/c1-2-3-4-5-6-7-8-9-10-11-12-13-14-15-16-17-18-19-23-29-34(38)37-33-28-24-27-32(30-33)36(40)35(39)31-25-21-20-22-26-31/h9-10,20-22,24-28,30,35,39H,2-8,11-19,23,29H2,1H3,(H,37,38). The second-order valence-corrected chi connectivity index (χ2v) is 11.1. The largest absolute Gasteiger partial charge is 0.380 e. The summed E-state index contributed by atoms with van der Waals surface area (Å²) < 4.78 is 0. The number of unbranched alkanes of at least 4 members (excludes halogenated alkanes) is 15. The van der Waals surface area contributed by atoms with Gasteiger partial charge in [0.15, 0.2) is 5.78 Å². The molecular formula is C36H53NO3. The summed E-state index contributed by atoms with van der Waals surface area (Å²) >= 11 is 0. The molecule has 4 nitrogen and oxygen atoms in total. The molecule has 0 aliphatic carbocycles. The van der Waals surface area contributed by atoms with E-state index in [1.165, 1.54) is 96.3 Å². The number of ketones is 1. The van der Waals surface area contributed by atoms with Crippen LogP contribution in [0.2, 0.25) is 0 Å². The molecule has 0 radical (unpaired) electrons. The van der Waals surface area contributed by atoms with Crippen molar-refractivity contribution in [1.82, 2.24) is 0 Å². The van der Waals surface area contributed by atoms with E-state index in [1.54, 1.807) is 48.5 Å². The molecule has 2 N–H and O–H groups in total. The van der Waals surface area contributed by atoms with Crippen LogP contribution >= 0.6 is 0 Å². The van der Waals surface area contributed by atoms with Crippen molar-refractivity contribution in [3.05, 3.63) is 77.9 Å². The Kier molecular flexibility index (Phi) is 18.4. The van der Waals surface area contributed by atoms with Gasteiger partial charge in [-0.25, -0.2) is 0 Å². The number of nitrogens with one attached hydrogen (secondary N) is 1. The van der Waals surface area contributed by atoms with Gasteiger partial charge in [0.05, 0.1) is 0 Å². The highest BCUT2D eigenvalue weighted by Gasteiger charge is 2.19. The lowest BCUT2D eigenvalue weighted by Gasteiger charge is -2.11. The molecule has 0 spiro atoms. The van der Waals surface area contributed by atoms with Crippen molar-refractivity contribution in [2.75, 3.05) is 5.32 Å². The number of aliphatic hydroxyl groups is 1. The van der Waals surface area contributed by atoms with Crippen LogP contribution in [0, 0.1) is 0 Å². The first-order valence-corrected chi connectivity index (χ1v) is 15.9. The Hall–Kier alpha value is -2.72. The second kappa shape index (κ2) is 22.0. The molecule has 0 saturated heterocycles. The first-order chi connectivity index (χ1) is 19.6. The highest BCUT2D eigenvalue weighted by Crippen LogP contribution is 2.21. The van der Waals surface area contributed by atoms with Crippen molar-refractivity contribution in [3.8, 4) is 0 Å². The van der Waals surface area contributed by atoms with Gasteiger partial charge in [-0.2, -0.15) is 0 Å². The van der Waals surface area contributed by atoms with Crippen molar-refractivity contribution < 1.29 is 14.7 Å². The molecule has 4 heteroatoms. The van der Waals surface area contributed by atoms with Crippen LogP contribution in [0.1, 0.15) is 145 Å². The van der Waals surface area contributed by atoms with Crippen molar-refractivity contribution in [2.45, 2.75) is 129 Å². The Morgan fingerprint density at radius 1 is 0.700 bits per heavy atom. The van der Waals surface area contributed by atoms with E-state index in [0.29, 0.717) is 23.2 Å². The van der Waals surface area contributed by atoms with E-state index in [0.717, 1.165) is 12.8 Å². The number of amides is 1. The lowest BCUT2D eigenvalue weighted by atomic mass is 9.99. The predicted octanol–water partition coefficient (Wildman–Crippen LogP) is 10.1. The van der Waals surface area contributed by atoms with E-state index in [-0.39, 0.29) is 11.7 Å². The van der Waals surface area contributed by atoms with Crippen LogP contribution in [0.4, 0.5) is 5.69 Å². The van der Waals surface area contributed by atoms with E-state index in [2.05, 4.69) is 24.4 Å². The molecule has 2 aromatic carbocycles. The van der Waals surface area contributed by atoms with Crippen LogP contribution in [0.5, 0.6) is 0 Å². The highest BCUT2D eigenvalue weighted by atomic mass is 16.3. The summed E-state index contributed by atoms with van der Waals surface area (Å²) in [5, 5.41) is 13.3. The highest BCUT2D eigenvalue weighted by molar-refractivity contribution is 6.01. The van der Waals surface area contributed by atoms with Crippen LogP contribution in [0.25, 0.3) is 0 Å². The predicted molar refractivity (Wildman–Crippen MR) is 169 cm³/mol. The molecule has 0 fully saturated rings. The van der Waals surface area contributed by atoms with Crippen molar-refractivity contribution in [2.24, 2.45) is 0 Å². The molecule has 220 valence electrons. The molecule has 1 amide bonds. The van der Waals surface area contributed by atoms with Crippen LogP contribution in [-0.4, -0.2) is 16.8 Å². The normalized spacial score (nSPS) is 12.1. The number of Topliss-reactive ketones (excluding diaryl/α,β-unsaturated/α-hetero) is 1. The summed E-state index contributed by atoms with van der Waals surface area (Å²) in [6, 6.07) is 15.7. The number of carbonyl (C=O) groups excluding carboxylic acids is 2. The monoisotopic (exact) mass is 547 g/mol. The van der Waals surface area contributed by atoms with Gasteiger partial charge in [-0.05, 0) is 49.8 Å². The van der Waals surface area contributed by atoms with Gasteiger partial charge in [0.1, 0.15) is 6.10 Å². The van der Waals surface area contributed by atoms with Gasteiger partial charge in [-0.1, -0.05) is 139 Å². The minimum absolute atomic E-state index is 0.0331. The minimum atomic E-state index is -1.21. The molecule has 2 aromatic rings. The molecule has 0 aromatic heterocycles. The molecule has 0 aliphatic heterocycles. The molecule has 0 aliphatic rings. The van der Waals surface area contributed by atoms with Crippen molar-refractivity contribution >= 4 is 17.4 Å². The third-order valence-corrected chi connectivity index (χ3v) is 7.46. The lowest BCUT2D eigenvalue weighted by molar-refractivity contribution is -0.116. The maximum absolute atomic E-state index is 12.7. The van der Waals surface area contributed by atoms with Crippen LogP contribution < -0.4 is 5.32 Å². The Morgan fingerprint density at radius 3 is 1.85 bits per heavy atom. The zero-order valence-corrected chi connectivity index (χ0v) is 24.9. The van der Waals surface area contributed by atoms with Gasteiger partial charge in [0.2, 0.25) is 5.91 Å². The summed E-state index contributed by atoms with van der Waals surface area (Å²) in [5.74, 6) is -0.410. The van der Waals surface area contributed by atoms with E-state index >= 15 is 0 Å². The molecule has 0 heterocycles. The Bertz CT molecular complexity index is 969. The molecular weight excluding hydrogens is 494 g/mol. The van der Waals surface area contributed by atoms with Gasteiger partial charge in [-0.15, -0.1) is 0 Å². The van der Waals surface area contributed by atoms with E-state index < -0.39 is 6.10 Å². The molecule has 40 heavy (non-hydrogen) atoms. The van der Waals surface area contributed by atoms with Crippen LogP contribution in [0.3, 0.4) is 0 Å². The number of aliphatic hydroxyl groups excluding tert-OH is 1.